The number of carbonyl (C=O) groups is 1. The molecule has 1 saturated heterocycles. The Kier molecular flexibility index (Phi) is 4.05. The number of pyridine rings is 1. The average molecular weight is 339 g/mol. The second kappa shape index (κ2) is 6.51. The summed E-state index contributed by atoms with van der Waals surface area (Å²) < 4.78 is 13.9. The van der Waals surface area contributed by atoms with E-state index in [0.29, 0.717) is 29.4 Å². The highest BCUT2D eigenvalue weighted by molar-refractivity contribution is 5.96. The summed E-state index contributed by atoms with van der Waals surface area (Å²) in [4.78, 5) is 25.5. The van der Waals surface area contributed by atoms with Crippen molar-refractivity contribution in [2.24, 2.45) is 5.92 Å². The first-order valence-corrected chi connectivity index (χ1v) is 8.27. The number of imidazole rings is 1. The number of rotatable bonds is 4. The highest BCUT2D eigenvalue weighted by atomic mass is 19.1. The first-order valence-electron chi connectivity index (χ1n) is 8.27. The molecule has 0 bridgehead atoms. The van der Waals surface area contributed by atoms with Gasteiger partial charge in [-0.3, -0.25) is 4.79 Å². The zero-order valence-electron chi connectivity index (χ0n) is 13.6. The third-order valence-corrected chi connectivity index (χ3v) is 4.57. The first kappa shape index (κ1) is 15.6. The van der Waals surface area contributed by atoms with Gasteiger partial charge in [-0.25, -0.2) is 14.4 Å². The highest BCUT2D eigenvalue weighted by Crippen LogP contribution is 2.25. The predicted molar refractivity (Wildman–Crippen MR) is 92.9 cm³/mol. The molecular formula is C18H18FN5O. The van der Waals surface area contributed by atoms with Gasteiger partial charge < -0.3 is 15.2 Å². The number of benzene rings is 1. The third kappa shape index (κ3) is 3.17. The van der Waals surface area contributed by atoms with Gasteiger partial charge in [-0.05, 0) is 30.5 Å². The lowest BCUT2D eigenvalue weighted by molar-refractivity contribution is 0.0948. The topological polar surface area (TPSA) is 73.9 Å². The summed E-state index contributed by atoms with van der Waals surface area (Å²) in [6.45, 7) is 2.09. The number of anilines is 1. The molecule has 2 aromatic heterocycles. The van der Waals surface area contributed by atoms with Crippen LogP contribution in [0.5, 0.6) is 0 Å². The molecule has 1 amide bonds. The third-order valence-electron chi connectivity index (χ3n) is 4.57. The highest BCUT2D eigenvalue weighted by Gasteiger charge is 2.24. The second-order valence-corrected chi connectivity index (χ2v) is 6.26. The number of nitrogens with one attached hydrogen (secondary N) is 2. The Bertz CT molecular complexity index is 909. The summed E-state index contributed by atoms with van der Waals surface area (Å²) in [5, 5.41) is 2.95. The Morgan fingerprint density at radius 3 is 3.12 bits per heavy atom. The molecule has 1 unspecified atom stereocenters. The van der Waals surface area contributed by atoms with Crippen LogP contribution in [0.15, 0.2) is 42.9 Å². The Morgan fingerprint density at radius 2 is 2.24 bits per heavy atom. The number of H-pyrrole nitrogens is 1. The number of nitrogens with zero attached hydrogens (tertiary/aromatic N) is 3. The SMILES string of the molecule is O=C(NCC1CCN(c2ccccc2F)C1)c1cnc2nc[nH]c2c1. The summed E-state index contributed by atoms with van der Waals surface area (Å²) in [6, 6.07) is 8.54. The maximum Gasteiger partial charge on any atom is 0.252 e. The number of amides is 1. The van der Waals surface area contributed by atoms with Gasteiger partial charge in [-0.1, -0.05) is 12.1 Å². The molecular weight excluding hydrogens is 321 g/mol. The zero-order valence-corrected chi connectivity index (χ0v) is 13.6. The molecule has 0 radical (unpaired) electrons. The van der Waals surface area contributed by atoms with Crippen molar-refractivity contribution in [3.05, 3.63) is 54.2 Å². The van der Waals surface area contributed by atoms with E-state index in [9.17, 15) is 9.18 Å². The summed E-state index contributed by atoms with van der Waals surface area (Å²) in [5.41, 5.74) is 2.46. The fourth-order valence-electron chi connectivity index (χ4n) is 3.22. The molecule has 0 spiro atoms. The van der Waals surface area contributed by atoms with E-state index < -0.39 is 0 Å². The van der Waals surface area contributed by atoms with Crippen LogP contribution in [0.2, 0.25) is 0 Å². The Morgan fingerprint density at radius 1 is 1.36 bits per heavy atom. The van der Waals surface area contributed by atoms with E-state index in [2.05, 4.69) is 20.3 Å². The number of hydrogen-bond donors (Lipinski definition) is 2. The summed E-state index contributed by atoms with van der Waals surface area (Å²) >= 11 is 0. The molecule has 128 valence electrons. The smallest absolute Gasteiger partial charge is 0.252 e. The van der Waals surface area contributed by atoms with E-state index in [4.69, 9.17) is 0 Å². The monoisotopic (exact) mass is 339 g/mol. The van der Waals surface area contributed by atoms with Gasteiger partial charge in [0, 0.05) is 25.8 Å². The Hall–Kier alpha value is -2.96. The van der Waals surface area contributed by atoms with Crippen molar-refractivity contribution in [1.29, 1.82) is 0 Å². The van der Waals surface area contributed by atoms with Crippen molar-refractivity contribution in [2.45, 2.75) is 6.42 Å². The van der Waals surface area contributed by atoms with Crippen LogP contribution in [0.25, 0.3) is 11.2 Å². The molecule has 2 N–H and O–H groups in total. The van der Waals surface area contributed by atoms with Crippen LogP contribution in [0.4, 0.5) is 10.1 Å². The molecule has 1 fully saturated rings. The van der Waals surface area contributed by atoms with Gasteiger partial charge in [-0.15, -0.1) is 0 Å². The van der Waals surface area contributed by atoms with Gasteiger partial charge >= 0.3 is 0 Å². The Labute approximate surface area is 144 Å². The van der Waals surface area contributed by atoms with Gasteiger partial charge in [-0.2, -0.15) is 0 Å². The van der Waals surface area contributed by atoms with Crippen molar-refractivity contribution in [2.75, 3.05) is 24.5 Å². The number of para-hydroxylation sites is 1. The van der Waals surface area contributed by atoms with E-state index >= 15 is 0 Å². The summed E-state index contributed by atoms with van der Waals surface area (Å²) in [5.74, 6) is -0.0631. The predicted octanol–water partition coefficient (Wildman–Crippen LogP) is 2.35. The molecule has 25 heavy (non-hydrogen) atoms. The lowest BCUT2D eigenvalue weighted by Crippen LogP contribution is -2.31. The zero-order chi connectivity index (χ0) is 17.2. The number of fused-ring (bicyclic) bond motifs is 1. The minimum Gasteiger partial charge on any atom is -0.369 e. The fraction of sp³-hybridized carbons (Fsp3) is 0.278. The van der Waals surface area contributed by atoms with E-state index in [1.165, 1.54) is 12.3 Å². The van der Waals surface area contributed by atoms with Crippen LogP contribution in [-0.2, 0) is 0 Å². The molecule has 0 saturated carbocycles. The molecule has 1 atom stereocenters. The number of carbonyl (C=O) groups excluding carboxylic acids is 1. The molecule has 3 aromatic rings. The van der Waals surface area contributed by atoms with Gasteiger partial charge in [0.2, 0.25) is 0 Å². The van der Waals surface area contributed by atoms with Crippen molar-refractivity contribution in [3.8, 4) is 0 Å². The van der Waals surface area contributed by atoms with Crippen LogP contribution >= 0.6 is 0 Å². The maximum absolute atomic E-state index is 13.9. The lowest BCUT2D eigenvalue weighted by atomic mass is 10.1. The van der Waals surface area contributed by atoms with Gasteiger partial charge in [0.05, 0.1) is 23.1 Å². The molecule has 6 nitrogen and oxygen atoms in total. The molecule has 1 aromatic carbocycles. The van der Waals surface area contributed by atoms with E-state index in [1.807, 2.05) is 11.0 Å². The second-order valence-electron chi connectivity index (χ2n) is 6.26. The number of aromatic nitrogens is 3. The van der Waals surface area contributed by atoms with Crippen molar-refractivity contribution in [1.82, 2.24) is 20.3 Å². The quantitative estimate of drug-likeness (QED) is 0.765. The molecule has 1 aliphatic rings. The van der Waals surface area contributed by atoms with Gasteiger partial charge in [0.25, 0.3) is 5.91 Å². The molecule has 4 rings (SSSR count). The van der Waals surface area contributed by atoms with Gasteiger partial charge in [0.1, 0.15) is 5.82 Å². The maximum atomic E-state index is 13.9. The lowest BCUT2D eigenvalue weighted by Gasteiger charge is -2.19. The van der Waals surface area contributed by atoms with E-state index in [-0.39, 0.29) is 11.7 Å². The summed E-state index contributed by atoms with van der Waals surface area (Å²) in [6.07, 6.45) is 4.00. The van der Waals surface area contributed by atoms with Crippen LogP contribution in [0, 0.1) is 11.7 Å². The molecule has 1 aliphatic heterocycles. The van der Waals surface area contributed by atoms with E-state index in [0.717, 1.165) is 25.0 Å². The minimum absolute atomic E-state index is 0.159. The molecule has 0 aliphatic carbocycles. The van der Waals surface area contributed by atoms with E-state index in [1.54, 1.807) is 24.5 Å². The largest absolute Gasteiger partial charge is 0.369 e. The normalized spacial score (nSPS) is 17.2. The number of aromatic amines is 1. The minimum atomic E-state index is -0.203. The first-order chi connectivity index (χ1) is 12.2. The Balaban J connectivity index is 1.35. The summed E-state index contributed by atoms with van der Waals surface area (Å²) in [7, 11) is 0. The van der Waals surface area contributed by atoms with Crippen LogP contribution < -0.4 is 10.2 Å². The van der Waals surface area contributed by atoms with Crippen molar-refractivity contribution >= 4 is 22.8 Å². The average Bonchev–Trinajstić information content (AvgIpc) is 3.28. The van der Waals surface area contributed by atoms with Crippen LogP contribution in [-0.4, -0.2) is 40.5 Å². The standard InChI is InChI=1S/C18H18FN5O/c19-14-3-1-2-4-16(14)24-6-5-12(10-24)8-21-18(25)13-7-15-17(20-9-13)23-11-22-15/h1-4,7,9,11-12H,5-6,8,10H2,(H,21,25)(H,20,22,23). The number of halogens is 1. The molecule has 3 heterocycles. The number of hydrogen-bond acceptors (Lipinski definition) is 4. The fourth-order valence-corrected chi connectivity index (χ4v) is 3.22. The van der Waals surface area contributed by atoms with Crippen LogP contribution in [0.3, 0.4) is 0 Å². The van der Waals surface area contributed by atoms with Crippen molar-refractivity contribution < 1.29 is 9.18 Å². The molecule has 7 heteroatoms. The van der Waals surface area contributed by atoms with Crippen LogP contribution in [0.1, 0.15) is 16.8 Å². The van der Waals surface area contributed by atoms with Crippen molar-refractivity contribution in [3.63, 3.8) is 0 Å². The van der Waals surface area contributed by atoms with Gasteiger partial charge in [0.15, 0.2) is 5.65 Å².